The Labute approximate surface area is 214 Å². The van der Waals surface area contributed by atoms with Crippen molar-refractivity contribution in [3.05, 3.63) is 12.2 Å². The van der Waals surface area contributed by atoms with E-state index in [1.165, 1.54) is 70.8 Å². The van der Waals surface area contributed by atoms with Crippen molar-refractivity contribution in [2.45, 2.75) is 142 Å². The molecule has 204 valence electrons. The minimum Gasteiger partial charge on any atom is -0.481 e. The molecule has 1 heterocycles. The SMILES string of the molecule is CCCCCCCCCCCCN1C(C)(C)CC(O)CC1(C)C.O=C(O)C1CC=CCC1C(=O)O. The van der Waals surface area contributed by atoms with E-state index in [9.17, 15) is 14.7 Å². The first kappa shape index (κ1) is 31.6. The van der Waals surface area contributed by atoms with E-state index in [2.05, 4.69) is 39.5 Å². The Balaban J connectivity index is 0.000000427. The zero-order valence-electron chi connectivity index (χ0n) is 23.1. The van der Waals surface area contributed by atoms with Crippen LogP contribution in [0.25, 0.3) is 0 Å². The molecule has 0 spiro atoms. The van der Waals surface area contributed by atoms with Crippen molar-refractivity contribution >= 4 is 11.9 Å². The first-order valence-corrected chi connectivity index (χ1v) is 14.0. The maximum atomic E-state index is 10.6. The van der Waals surface area contributed by atoms with Gasteiger partial charge >= 0.3 is 11.9 Å². The van der Waals surface area contributed by atoms with Crippen LogP contribution in [0.5, 0.6) is 0 Å². The summed E-state index contributed by atoms with van der Waals surface area (Å²) in [5.74, 6) is -3.56. The van der Waals surface area contributed by atoms with Gasteiger partial charge < -0.3 is 15.3 Å². The maximum Gasteiger partial charge on any atom is 0.307 e. The van der Waals surface area contributed by atoms with Crippen molar-refractivity contribution < 1.29 is 24.9 Å². The summed E-state index contributed by atoms with van der Waals surface area (Å²) in [6, 6.07) is 0. The largest absolute Gasteiger partial charge is 0.481 e. The third-order valence-electron chi connectivity index (χ3n) is 7.73. The molecule has 1 aliphatic heterocycles. The number of hydrogen-bond donors (Lipinski definition) is 3. The molecule has 1 aliphatic carbocycles. The van der Waals surface area contributed by atoms with Crippen molar-refractivity contribution in [1.82, 2.24) is 4.90 Å². The van der Waals surface area contributed by atoms with E-state index in [4.69, 9.17) is 10.2 Å². The Bertz CT molecular complexity index is 615. The van der Waals surface area contributed by atoms with Gasteiger partial charge in [-0.2, -0.15) is 0 Å². The van der Waals surface area contributed by atoms with Crippen molar-refractivity contribution in [3.63, 3.8) is 0 Å². The first-order chi connectivity index (χ1) is 16.4. The molecule has 0 aromatic heterocycles. The number of piperidine rings is 1. The molecule has 2 unspecified atom stereocenters. The number of carbonyl (C=O) groups is 2. The number of allylic oxidation sites excluding steroid dienone is 2. The normalized spacial score (nSPS) is 23.9. The Morgan fingerprint density at radius 1 is 0.743 bits per heavy atom. The van der Waals surface area contributed by atoms with Gasteiger partial charge in [0.1, 0.15) is 0 Å². The van der Waals surface area contributed by atoms with Crippen LogP contribution in [0.15, 0.2) is 12.2 Å². The molecule has 3 N–H and O–H groups in total. The summed E-state index contributed by atoms with van der Waals surface area (Å²) < 4.78 is 0. The molecule has 0 aromatic rings. The van der Waals surface area contributed by atoms with E-state index in [-0.39, 0.29) is 17.2 Å². The summed E-state index contributed by atoms with van der Waals surface area (Å²) >= 11 is 0. The smallest absolute Gasteiger partial charge is 0.307 e. The minimum absolute atomic E-state index is 0.125. The number of carboxylic acids is 2. The zero-order valence-corrected chi connectivity index (χ0v) is 23.1. The van der Waals surface area contributed by atoms with Crippen molar-refractivity contribution in [1.29, 1.82) is 0 Å². The highest BCUT2D eigenvalue weighted by Crippen LogP contribution is 2.38. The van der Waals surface area contributed by atoms with Crippen LogP contribution in [0.1, 0.15) is 125 Å². The zero-order chi connectivity index (χ0) is 26.5. The number of aliphatic carboxylic acids is 2. The van der Waals surface area contributed by atoms with Gasteiger partial charge in [0.15, 0.2) is 0 Å². The van der Waals surface area contributed by atoms with E-state index in [1.807, 2.05) is 0 Å². The van der Waals surface area contributed by atoms with Crippen LogP contribution in [0.2, 0.25) is 0 Å². The van der Waals surface area contributed by atoms with Gasteiger partial charge in [0.2, 0.25) is 0 Å². The average Bonchev–Trinajstić information content (AvgIpc) is 2.75. The quantitative estimate of drug-likeness (QED) is 0.195. The highest BCUT2D eigenvalue weighted by molar-refractivity contribution is 5.80. The number of rotatable bonds is 13. The topological polar surface area (TPSA) is 98.1 Å². The second-order valence-corrected chi connectivity index (χ2v) is 11.9. The van der Waals surface area contributed by atoms with E-state index < -0.39 is 23.8 Å². The summed E-state index contributed by atoms with van der Waals surface area (Å²) in [7, 11) is 0. The Hall–Kier alpha value is -1.40. The molecule has 2 atom stereocenters. The molecule has 2 rings (SSSR count). The van der Waals surface area contributed by atoms with Crippen molar-refractivity contribution in [2.24, 2.45) is 11.8 Å². The lowest BCUT2D eigenvalue weighted by atomic mass is 9.78. The number of nitrogens with zero attached hydrogens (tertiary/aromatic N) is 1. The second kappa shape index (κ2) is 15.7. The highest BCUT2D eigenvalue weighted by atomic mass is 16.4. The van der Waals surface area contributed by atoms with E-state index >= 15 is 0 Å². The molecule has 6 nitrogen and oxygen atoms in total. The fourth-order valence-electron chi connectivity index (χ4n) is 5.99. The number of unbranched alkanes of at least 4 members (excludes halogenated alkanes) is 9. The summed E-state index contributed by atoms with van der Waals surface area (Å²) in [5.41, 5.74) is 0.251. The van der Waals surface area contributed by atoms with Gasteiger partial charge in [0, 0.05) is 11.1 Å². The highest BCUT2D eigenvalue weighted by Gasteiger charge is 2.44. The average molecular weight is 496 g/mol. The van der Waals surface area contributed by atoms with Gasteiger partial charge in [0.25, 0.3) is 0 Å². The Morgan fingerprint density at radius 2 is 1.11 bits per heavy atom. The van der Waals surface area contributed by atoms with Crippen LogP contribution >= 0.6 is 0 Å². The van der Waals surface area contributed by atoms with Crippen LogP contribution in [0.3, 0.4) is 0 Å². The lowest BCUT2D eigenvalue weighted by Crippen LogP contribution is -2.61. The summed E-state index contributed by atoms with van der Waals surface area (Å²) in [6.07, 6.45) is 19.7. The predicted molar refractivity (Wildman–Crippen MR) is 143 cm³/mol. The number of aliphatic hydroxyl groups is 1. The minimum atomic E-state index is -1.02. The van der Waals surface area contributed by atoms with E-state index in [1.54, 1.807) is 12.2 Å². The van der Waals surface area contributed by atoms with Gasteiger partial charge in [-0.05, 0) is 66.3 Å². The standard InChI is InChI=1S/C21H43NO.C8H10O4/c1-6-7-8-9-10-11-12-13-14-15-16-22-20(2,3)17-19(23)18-21(22,4)5;9-7(10)5-3-1-2-4-6(5)8(11)12/h19,23H,6-18H2,1-5H3;1-2,5-6H,3-4H2,(H,9,10)(H,11,12). The lowest BCUT2D eigenvalue weighted by Gasteiger charge is -2.54. The number of aliphatic hydroxyl groups excluding tert-OH is 1. The van der Waals surface area contributed by atoms with Gasteiger partial charge in [-0.15, -0.1) is 0 Å². The van der Waals surface area contributed by atoms with Gasteiger partial charge in [-0.3, -0.25) is 14.5 Å². The van der Waals surface area contributed by atoms with E-state index in [0.29, 0.717) is 12.8 Å². The molecule has 0 aromatic carbocycles. The van der Waals surface area contributed by atoms with Crippen LogP contribution < -0.4 is 0 Å². The lowest BCUT2D eigenvalue weighted by molar-refractivity contribution is -0.153. The van der Waals surface area contributed by atoms with E-state index in [0.717, 1.165) is 12.8 Å². The molecular weight excluding hydrogens is 442 g/mol. The second-order valence-electron chi connectivity index (χ2n) is 11.9. The van der Waals surface area contributed by atoms with Crippen LogP contribution in [0.4, 0.5) is 0 Å². The fraction of sp³-hybridized carbons (Fsp3) is 0.862. The summed E-state index contributed by atoms with van der Waals surface area (Å²) in [4.78, 5) is 23.8. The third kappa shape index (κ3) is 11.5. The molecular formula is C29H53NO5. The molecule has 1 saturated heterocycles. The molecule has 0 bridgehead atoms. The third-order valence-corrected chi connectivity index (χ3v) is 7.73. The maximum absolute atomic E-state index is 10.6. The molecule has 0 radical (unpaired) electrons. The first-order valence-electron chi connectivity index (χ1n) is 14.0. The van der Waals surface area contributed by atoms with Gasteiger partial charge in [-0.25, -0.2) is 0 Å². The number of likely N-dealkylation sites (tertiary alicyclic amines) is 1. The van der Waals surface area contributed by atoms with Gasteiger partial charge in [0.05, 0.1) is 17.9 Å². The van der Waals surface area contributed by atoms with Crippen molar-refractivity contribution in [3.8, 4) is 0 Å². The fourth-order valence-corrected chi connectivity index (χ4v) is 5.99. The molecule has 0 amide bonds. The molecule has 6 heteroatoms. The number of carboxylic acid groups (broad SMARTS) is 2. The molecule has 35 heavy (non-hydrogen) atoms. The van der Waals surface area contributed by atoms with Crippen LogP contribution in [-0.2, 0) is 9.59 Å². The van der Waals surface area contributed by atoms with Crippen LogP contribution in [-0.4, -0.2) is 55.9 Å². The summed E-state index contributed by atoms with van der Waals surface area (Å²) in [6.45, 7) is 12.7. The number of hydrogen-bond acceptors (Lipinski definition) is 4. The van der Waals surface area contributed by atoms with Crippen molar-refractivity contribution in [2.75, 3.05) is 6.54 Å². The molecule has 2 aliphatic rings. The molecule has 0 saturated carbocycles. The predicted octanol–water partition coefficient (Wildman–Crippen LogP) is 6.66. The monoisotopic (exact) mass is 495 g/mol. The Kier molecular flexibility index (Phi) is 14.1. The Morgan fingerprint density at radius 3 is 1.49 bits per heavy atom. The van der Waals surface area contributed by atoms with Crippen LogP contribution in [0, 0.1) is 11.8 Å². The summed E-state index contributed by atoms with van der Waals surface area (Å²) in [5, 5.41) is 27.4. The molecule has 1 fully saturated rings. The van der Waals surface area contributed by atoms with Gasteiger partial charge in [-0.1, -0.05) is 76.9 Å².